The number of halogens is 3. The van der Waals surface area contributed by atoms with E-state index >= 15 is 0 Å². The minimum Gasteiger partial charge on any atom is -0.494 e. The number of esters is 1. The van der Waals surface area contributed by atoms with Crippen molar-refractivity contribution in [3.63, 3.8) is 0 Å². The summed E-state index contributed by atoms with van der Waals surface area (Å²) in [5.41, 5.74) is -3.63. The van der Waals surface area contributed by atoms with Crippen LogP contribution in [0, 0.1) is 29.1 Å². The molecule has 2 aliphatic heterocycles. The van der Waals surface area contributed by atoms with Gasteiger partial charge in [0.15, 0.2) is 11.4 Å². The molecular formula is C42H54F3N3O9S. The molecule has 2 aliphatic carbocycles. The molecule has 2 amide bonds. The maximum absolute atomic E-state index is 14.9. The highest BCUT2D eigenvalue weighted by atomic mass is 32.2. The van der Waals surface area contributed by atoms with Gasteiger partial charge in [0, 0.05) is 30.5 Å². The zero-order valence-corrected chi connectivity index (χ0v) is 34.7. The summed E-state index contributed by atoms with van der Waals surface area (Å²) in [4.78, 5) is 62.7. The van der Waals surface area contributed by atoms with Gasteiger partial charge in [0.25, 0.3) is 5.92 Å². The number of alkyl halides is 3. The fourth-order valence-corrected chi connectivity index (χ4v) is 9.84. The van der Waals surface area contributed by atoms with Crippen LogP contribution in [0.25, 0.3) is 10.8 Å². The van der Waals surface area contributed by atoms with Crippen LogP contribution >= 0.6 is 0 Å². The number of nitrogens with one attached hydrogen (secondary N) is 1. The van der Waals surface area contributed by atoms with Gasteiger partial charge in [0.2, 0.25) is 27.7 Å². The topological polar surface area (TPSA) is 158 Å². The van der Waals surface area contributed by atoms with Crippen molar-refractivity contribution in [2.75, 3.05) is 20.3 Å². The number of sulfonamides is 1. The molecule has 7 atom stereocenters. The van der Waals surface area contributed by atoms with Gasteiger partial charge in [-0.15, -0.1) is 0 Å². The van der Waals surface area contributed by atoms with Crippen molar-refractivity contribution >= 4 is 44.4 Å². The van der Waals surface area contributed by atoms with Crippen LogP contribution in [-0.4, -0.2) is 90.6 Å². The molecule has 3 heterocycles. The number of nitrogens with zero attached hydrogens (tertiary/aromatic N) is 2. The summed E-state index contributed by atoms with van der Waals surface area (Å²) in [5, 5.41) is 1.34. The average Bonchev–Trinajstić information content (AvgIpc) is 4.06. The molecule has 0 bridgehead atoms. The van der Waals surface area contributed by atoms with Gasteiger partial charge < -0.3 is 19.1 Å². The number of hydrogen-bond acceptors (Lipinski definition) is 10. The lowest BCUT2D eigenvalue weighted by Gasteiger charge is -2.34. The molecule has 1 aromatic carbocycles. The fourth-order valence-electron chi connectivity index (χ4n) is 8.39. The second-order valence-electron chi connectivity index (χ2n) is 17.5. The van der Waals surface area contributed by atoms with Crippen LogP contribution in [0.15, 0.2) is 42.6 Å². The third kappa shape index (κ3) is 8.58. The number of Topliss-reactive ketones (excluding diaryl/α,β-unsaturated/α-hetero) is 1. The SMILES string of the molecule is COc1cnc(O[C@@H]2C[C@H]3C(=O)C[C@]4(C(=O)NS(=O)(=O)C5(CF)CC5)C[C@H]4/C=C\CC[C@@H](C)C[C@@H](C)[C@H](CC(=O)OC(C)(C)C(C)(F)F)C(=O)N3C2)c2ccccc12. The molecule has 2 aromatic rings. The standard InChI is InChI=1S/C42H54F3N3O9S/c1-25-11-7-8-12-27-20-42(27,38(52)47-58(53,54)41(24-43)15-16-41)21-33(49)32-18-28(56-36-30-14-10-9-13-29(30)34(55-6)22-46-36)23-48(32)37(51)31(26(2)17-25)19-35(50)57-39(3,4)40(5,44)45/h8-10,12-14,22,25-28,31-32H,7,11,15-21,23-24H2,1-6H3,(H,47,52)/b12-8-/t25-,26-,27-,28-,31+,32+,42-/m1/s1. The van der Waals surface area contributed by atoms with Crippen LogP contribution in [0.3, 0.4) is 0 Å². The number of hydrogen-bond donors (Lipinski definition) is 1. The van der Waals surface area contributed by atoms with E-state index in [4.69, 9.17) is 14.2 Å². The largest absolute Gasteiger partial charge is 0.494 e. The van der Waals surface area contributed by atoms with Crippen molar-refractivity contribution in [2.45, 2.75) is 121 Å². The number of pyridine rings is 1. The molecule has 1 saturated heterocycles. The maximum Gasteiger partial charge on any atom is 0.307 e. The van der Waals surface area contributed by atoms with Gasteiger partial charge in [0.1, 0.15) is 23.3 Å². The molecule has 12 nitrogen and oxygen atoms in total. The number of ether oxygens (including phenoxy) is 3. The number of fused-ring (bicyclic) bond motifs is 3. The number of carbonyl (C=O) groups is 4. The van der Waals surface area contributed by atoms with Crippen molar-refractivity contribution in [1.29, 1.82) is 0 Å². The molecular weight excluding hydrogens is 780 g/mol. The minimum atomic E-state index is -4.39. The van der Waals surface area contributed by atoms with Crippen LogP contribution in [0.2, 0.25) is 0 Å². The van der Waals surface area contributed by atoms with E-state index in [1.165, 1.54) is 18.2 Å². The third-order valence-electron chi connectivity index (χ3n) is 12.8. The van der Waals surface area contributed by atoms with Crippen molar-refractivity contribution < 1.29 is 55.0 Å². The number of amides is 2. The van der Waals surface area contributed by atoms with E-state index < -0.39 is 105 Å². The first-order valence-corrected chi connectivity index (χ1v) is 21.5. The van der Waals surface area contributed by atoms with Gasteiger partial charge in [-0.3, -0.25) is 23.9 Å². The van der Waals surface area contributed by atoms with Gasteiger partial charge in [-0.25, -0.2) is 26.6 Å². The molecule has 3 fully saturated rings. The van der Waals surface area contributed by atoms with Crippen molar-refractivity contribution in [1.82, 2.24) is 14.6 Å². The number of rotatable bonds is 11. The van der Waals surface area contributed by atoms with E-state index in [-0.39, 0.29) is 44.0 Å². The molecule has 4 aliphatic rings. The van der Waals surface area contributed by atoms with E-state index in [0.717, 1.165) is 13.8 Å². The van der Waals surface area contributed by atoms with E-state index in [1.807, 2.05) is 38.1 Å². The average molecular weight is 834 g/mol. The highest BCUT2D eigenvalue weighted by molar-refractivity contribution is 7.91. The van der Waals surface area contributed by atoms with Gasteiger partial charge in [0.05, 0.1) is 43.6 Å². The second kappa shape index (κ2) is 16.1. The smallest absolute Gasteiger partial charge is 0.307 e. The lowest BCUT2D eigenvalue weighted by atomic mass is 9.82. The first kappa shape index (κ1) is 43.4. The predicted octanol–water partition coefficient (Wildman–Crippen LogP) is 6.50. The van der Waals surface area contributed by atoms with Crippen molar-refractivity contribution in [3.8, 4) is 11.6 Å². The summed E-state index contributed by atoms with van der Waals surface area (Å²) < 4.78 is 86.8. The Labute approximate surface area is 337 Å². The highest BCUT2D eigenvalue weighted by Gasteiger charge is 2.63. The van der Waals surface area contributed by atoms with Crippen molar-refractivity contribution in [3.05, 3.63) is 42.6 Å². The Morgan fingerprint density at radius 2 is 1.76 bits per heavy atom. The lowest BCUT2D eigenvalue weighted by Crippen LogP contribution is -2.49. The van der Waals surface area contributed by atoms with E-state index in [0.29, 0.717) is 42.7 Å². The molecule has 0 radical (unpaired) electrons. The zero-order chi connectivity index (χ0) is 42.4. The van der Waals surface area contributed by atoms with Crippen LogP contribution in [0.1, 0.15) is 92.4 Å². The van der Waals surface area contributed by atoms with Gasteiger partial charge in [-0.2, -0.15) is 0 Å². The van der Waals surface area contributed by atoms with E-state index in [9.17, 15) is 40.8 Å². The number of allylic oxidation sites excluding steroid dienone is 2. The molecule has 1 aromatic heterocycles. The fraction of sp³-hybridized carbons (Fsp3) is 0.643. The molecule has 6 rings (SSSR count). The zero-order valence-electron chi connectivity index (χ0n) is 33.9. The maximum atomic E-state index is 14.9. The van der Waals surface area contributed by atoms with Crippen LogP contribution < -0.4 is 14.2 Å². The van der Waals surface area contributed by atoms with Crippen LogP contribution in [0.4, 0.5) is 13.2 Å². The summed E-state index contributed by atoms with van der Waals surface area (Å²) in [7, 11) is -2.88. The van der Waals surface area contributed by atoms with E-state index in [2.05, 4.69) is 9.71 Å². The molecule has 58 heavy (non-hydrogen) atoms. The Bertz CT molecular complexity index is 2070. The number of benzene rings is 1. The summed E-state index contributed by atoms with van der Waals surface area (Å²) in [6.45, 7) is 5.40. The Morgan fingerprint density at radius 1 is 1.07 bits per heavy atom. The van der Waals surface area contributed by atoms with Gasteiger partial charge in [-0.05, 0) is 76.2 Å². The molecule has 2 saturated carbocycles. The van der Waals surface area contributed by atoms with Gasteiger partial charge in [-0.1, -0.05) is 44.2 Å². The Morgan fingerprint density at radius 3 is 2.40 bits per heavy atom. The first-order valence-electron chi connectivity index (χ1n) is 20.0. The van der Waals surface area contributed by atoms with Crippen LogP contribution in [0.5, 0.6) is 11.6 Å². The Hall–Kier alpha value is -4.21. The first-order chi connectivity index (χ1) is 27.2. The molecule has 0 unspecified atom stereocenters. The number of methoxy groups -OCH3 is 1. The molecule has 16 heteroatoms. The number of carbonyl (C=O) groups excluding carboxylic acids is 4. The molecule has 0 spiro atoms. The van der Waals surface area contributed by atoms with Gasteiger partial charge >= 0.3 is 5.97 Å². The third-order valence-corrected chi connectivity index (χ3v) is 15.0. The Balaban J connectivity index is 1.36. The normalized spacial score (nSPS) is 29.6. The quantitative estimate of drug-likeness (QED) is 0.196. The van der Waals surface area contributed by atoms with Crippen LogP contribution in [-0.2, 0) is 33.9 Å². The summed E-state index contributed by atoms with van der Waals surface area (Å²) >= 11 is 0. The number of aromatic nitrogens is 1. The summed E-state index contributed by atoms with van der Waals surface area (Å²) in [5.74, 6) is -7.59. The number of ketones is 1. The summed E-state index contributed by atoms with van der Waals surface area (Å²) in [6.07, 6.45) is 5.52. The minimum absolute atomic E-state index is 0.0227. The highest BCUT2D eigenvalue weighted by Crippen LogP contribution is 2.58. The summed E-state index contributed by atoms with van der Waals surface area (Å²) in [6, 6.07) is 6.09. The predicted molar refractivity (Wildman–Crippen MR) is 208 cm³/mol. The molecule has 318 valence electrons. The second-order valence-corrected chi connectivity index (χ2v) is 19.6. The van der Waals surface area contributed by atoms with E-state index in [1.54, 1.807) is 12.1 Å². The Kier molecular flexibility index (Phi) is 12.0. The molecule has 1 N–H and O–H groups in total. The monoisotopic (exact) mass is 833 g/mol. The van der Waals surface area contributed by atoms with Crippen molar-refractivity contribution in [2.24, 2.45) is 29.1 Å². The lowest BCUT2D eigenvalue weighted by molar-refractivity contribution is -0.197.